The topological polar surface area (TPSA) is 107 Å². The zero-order chi connectivity index (χ0) is 19.8. The molecule has 0 saturated heterocycles. The molecule has 0 fully saturated rings. The third-order valence-electron chi connectivity index (χ3n) is 3.65. The molecule has 3 rings (SSSR count). The Hall–Kier alpha value is -3.04. The zero-order valence-corrected chi connectivity index (χ0v) is 16.5. The molecule has 1 aromatic carbocycles. The third kappa shape index (κ3) is 5.48. The van der Waals surface area contributed by atoms with E-state index in [1.807, 2.05) is 36.6 Å². The summed E-state index contributed by atoms with van der Waals surface area (Å²) in [5, 5.41) is 6.44. The fraction of sp³-hybridized carbons (Fsp3) is 0.211. The van der Waals surface area contributed by atoms with Gasteiger partial charge in [0.2, 0.25) is 11.8 Å². The lowest BCUT2D eigenvalue weighted by atomic mass is 10.3. The molecule has 0 amide bonds. The van der Waals surface area contributed by atoms with Gasteiger partial charge in [-0.2, -0.15) is 4.98 Å². The molecule has 3 aromatic rings. The van der Waals surface area contributed by atoms with Crippen molar-refractivity contribution in [2.45, 2.75) is 4.90 Å². The van der Waals surface area contributed by atoms with E-state index >= 15 is 0 Å². The zero-order valence-electron chi connectivity index (χ0n) is 15.7. The highest BCUT2D eigenvalue weighted by molar-refractivity contribution is 7.98. The quantitative estimate of drug-likeness (QED) is 0.282. The third-order valence-corrected chi connectivity index (χ3v) is 4.39. The van der Waals surface area contributed by atoms with Crippen LogP contribution >= 0.6 is 11.8 Å². The summed E-state index contributed by atoms with van der Waals surface area (Å²) in [6, 6.07) is 11.1. The van der Waals surface area contributed by atoms with E-state index in [0.29, 0.717) is 36.5 Å². The molecule has 146 valence electrons. The van der Waals surface area contributed by atoms with Gasteiger partial charge in [-0.25, -0.2) is 9.97 Å². The number of nitrogen functional groups attached to an aromatic ring is 1. The van der Waals surface area contributed by atoms with Crippen LogP contribution in [0.4, 0.5) is 28.8 Å². The number of thioether (sulfide) groups is 1. The molecule has 2 heterocycles. The molecular formula is C19H22N6O2S. The minimum absolute atomic E-state index is 0.453. The smallest absolute Gasteiger partial charge is 0.229 e. The Bertz CT molecular complexity index is 907. The van der Waals surface area contributed by atoms with Crippen molar-refractivity contribution < 1.29 is 9.47 Å². The van der Waals surface area contributed by atoms with Crippen molar-refractivity contribution in [3.63, 3.8) is 0 Å². The number of anilines is 5. The van der Waals surface area contributed by atoms with Crippen molar-refractivity contribution >= 4 is 40.6 Å². The van der Waals surface area contributed by atoms with Gasteiger partial charge in [0, 0.05) is 30.7 Å². The van der Waals surface area contributed by atoms with E-state index in [-0.39, 0.29) is 0 Å². The lowest BCUT2D eigenvalue weighted by Crippen LogP contribution is -2.05. The predicted octanol–water partition coefficient (Wildman–Crippen LogP) is 3.69. The van der Waals surface area contributed by atoms with Gasteiger partial charge in [-0.15, -0.1) is 11.8 Å². The average molecular weight is 398 g/mol. The molecule has 8 nitrogen and oxygen atoms in total. The van der Waals surface area contributed by atoms with Gasteiger partial charge >= 0.3 is 0 Å². The number of methoxy groups -OCH3 is 1. The second-order valence-corrected chi connectivity index (χ2v) is 6.56. The predicted molar refractivity (Wildman–Crippen MR) is 113 cm³/mol. The first-order chi connectivity index (χ1) is 13.7. The molecule has 0 spiro atoms. The molecule has 0 aliphatic rings. The second kappa shape index (κ2) is 9.77. The maximum absolute atomic E-state index is 5.85. The Morgan fingerprint density at radius 3 is 2.64 bits per heavy atom. The number of hydrogen-bond donors (Lipinski definition) is 3. The number of pyridine rings is 1. The summed E-state index contributed by atoms with van der Waals surface area (Å²) in [4.78, 5) is 14.1. The van der Waals surface area contributed by atoms with Gasteiger partial charge in [0.05, 0.1) is 23.4 Å². The number of nitrogens with zero attached hydrogens (tertiary/aromatic N) is 3. The number of benzene rings is 1. The standard InChI is InChI=1S/C19H22N6O2S/c1-26-8-9-27-17-7-6-15(11-21-17)24-19-22-12-16(28-2)18(25-19)23-14-5-3-4-13(20)10-14/h3-7,10-12H,8-9,20H2,1-2H3,(H2,22,23,24,25). The van der Waals surface area contributed by atoms with Crippen molar-refractivity contribution in [2.75, 3.05) is 42.9 Å². The van der Waals surface area contributed by atoms with Crippen molar-refractivity contribution in [3.8, 4) is 5.88 Å². The van der Waals surface area contributed by atoms with Crippen molar-refractivity contribution in [1.29, 1.82) is 0 Å². The number of nitrogens with two attached hydrogens (primary N) is 1. The number of ether oxygens (including phenoxy) is 2. The Kier molecular flexibility index (Phi) is 6.88. The van der Waals surface area contributed by atoms with Crippen LogP contribution < -0.4 is 21.1 Å². The molecule has 0 aliphatic heterocycles. The molecular weight excluding hydrogens is 376 g/mol. The van der Waals surface area contributed by atoms with E-state index in [2.05, 4.69) is 25.6 Å². The molecule has 4 N–H and O–H groups in total. The molecule has 0 saturated carbocycles. The summed E-state index contributed by atoms with van der Waals surface area (Å²) >= 11 is 1.56. The summed E-state index contributed by atoms with van der Waals surface area (Å²) < 4.78 is 10.4. The molecule has 0 atom stereocenters. The minimum Gasteiger partial charge on any atom is -0.475 e. The van der Waals surface area contributed by atoms with Gasteiger partial charge in [0.15, 0.2) is 0 Å². The molecule has 0 radical (unpaired) electrons. The highest BCUT2D eigenvalue weighted by Crippen LogP contribution is 2.28. The van der Waals surface area contributed by atoms with E-state index in [1.54, 1.807) is 37.3 Å². The first kappa shape index (κ1) is 19.7. The summed E-state index contributed by atoms with van der Waals surface area (Å²) in [5.41, 5.74) is 8.15. The van der Waals surface area contributed by atoms with Crippen molar-refractivity contribution in [3.05, 3.63) is 48.8 Å². The first-order valence-corrected chi connectivity index (χ1v) is 9.79. The molecule has 0 unspecified atom stereocenters. The van der Waals surface area contributed by atoms with Crippen LogP contribution in [-0.2, 0) is 4.74 Å². The van der Waals surface area contributed by atoms with E-state index in [1.165, 1.54) is 0 Å². The van der Waals surface area contributed by atoms with Gasteiger partial charge in [-0.3, -0.25) is 0 Å². The van der Waals surface area contributed by atoms with Crippen molar-refractivity contribution in [1.82, 2.24) is 15.0 Å². The second-order valence-electron chi connectivity index (χ2n) is 5.71. The number of nitrogens with one attached hydrogen (secondary N) is 2. The lowest BCUT2D eigenvalue weighted by molar-refractivity contribution is 0.144. The lowest BCUT2D eigenvalue weighted by Gasteiger charge is -2.12. The Morgan fingerprint density at radius 2 is 1.93 bits per heavy atom. The highest BCUT2D eigenvalue weighted by atomic mass is 32.2. The number of rotatable bonds is 9. The molecule has 28 heavy (non-hydrogen) atoms. The summed E-state index contributed by atoms with van der Waals surface area (Å²) in [7, 11) is 1.63. The minimum atomic E-state index is 0.453. The van der Waals surface area contributed by atoms with E-state index in [9.17, 15) is 0 Å². The summed E-state index contributed by atoms with van der Waals surface area (Å²) in [6.07, 6.45) is 5.41. The molecule has 0 aliphatic carbocycles. The van der Waals surface area contributed by atoms with Crippen LogP contribution in [-0.4, -0.2) is 41.5 Å². The van der Waals surface area contributed by atoms with Crippen LogP contribution in [0.5, 0.6) is 5.88 Å². The van der Waals surface area contributed by atoms with Crippen LogP contribution in [0.15, 0.2) is 53.7 Å². The Labute approximate surface area is 167 Å². The van der Waals surface area contributed by atoms with E-state index < -0.39 is 0 Å². The van der Waals surface area contributed by atoms with Gasteiger partial charge in [-0.1, -0.05) is 6.07 Å². The van der Waals surface area contributed by atoms with E-state index in [4.69, 9.17) is 15.2 Å². The van der Waals surface area contributed by atoms with Crippen molar-refractivity contribution in [2.24, 2.45) is 0 Å². The Morgan fingerprint density at radius 1 is 1.04 bits per heavy atom. The monoisotopic (exact) mass is 398 g/mol. The average Bonchev–Trinajstić information content (AvgIpc) is 2.70. The fourth-order valence-corrected chi connectivity index (χ4v) is 2.77. The summed E-state index contributed by atoms with van der Waals surface area (Å²) in [6.45, 7) is 0.967. The van der Waals surface area contributed by atoms with Gasteiger partial charge < -0.3 is 25.8 Å². The normalized spacial score (nSPS) is 10.5. The van der Waals surface area contributed by atoms with Gasteiger partial charge in [0.1, 0.15) is 12.4 Å². The first-order valence-electron chi connectivity index (χ1n) is 8.56. The largest absolute Gasteiger partial charge is 0.475 e. The van der Waals surface area contributed by atoms with Gasteiger partial charge in [-0.05, 0) is 30.5 Å². The Balaban J connectivity index is 1.72. The van der Waals surface area contributed by atoms with Crippen LogP contribution in [0.1, 0.15) is 0 Å². The van der Waals surface area contributed by atoms with Crippen LogP contribution in [0.25, 0.3) is 0 Å². The van der Waals surface area contributed by atoms with Crippen LogP contribution in [0.3, 0.4) is 0 Å². The van der Waals surface area contributed by atoms with Crippen LogP contribution in [0.2, 0.25) is 0 Å². The number of hydrogen-bond acceptors (Lipinski definition) is 9. The maximum Gasteiger partial charge on any atom is 0.229 e. The fourth-order valence-electron chi connectivity index (χ4n) is 2.32. The SMILES string of the molecule is COCCOc1ccc(Nc2ncc(SC)c(Nc3cccc(N)c3)n2)cn1. The van der Waals surface area contributed by atoms with E-state index in [0.717, 1.165) is 16.3 Å². The molecule has 0 bridgehead atoms. The summed E-state index contributed by atoms with van der Waals surface area (Å²) in [5.74, 6) is 1.69. The highest BCUT2D eigenvalue weighted by Gasteiger charge is 2.08. The maximum atomic E-state index is 5.85. The molecule has 9 heteroatoms. The molecule has 2 aromatic heterocycles. The number of aromatic nitrogens is 3. The van der Waals surface area contributed by atoms with Gasteiger partial charge in [0.25, 0.3) is 0 Å². The van der Waals surface area contributed by atoms with Crippen LogP contribution in [0, 0.1) is 0 Å².